The highest BCUT2D eigenvalue weighted by atomic mass is 35.5. The number of nitrogens with zero attached hydrogens (tertiary/aromatic N) is 3. The first-order valence-electron chi connectivity index (χ1n) is 5.39. The normalized spacial score (nSPS) is 15.4. The topological polar surface area (TPSA) is 30.7 Å². The number of aromatic nitrogens is 3. The first-order valence-corrected chi connectivity index (χ1v) is 5.77. The van der Waals surface area contributed by atoms with Crippen LogP contribution < -0.4 is 0 Å². The van der Waals surface area contributed by atoms with Crippen molar-refractivity contribution in [2.24, 2.45) is 0 Å². The summed E-state index contributed by atoms with van der Waals surface area (Å²) in [6.45, 7) is 1.95. The molecule has 1 aromatic heterocycles. The van der Waals surface area contributed by atoms with Gasteiger partial charge in [-0.05, 0) is 42.5 Å². The van der Waals surface area contributed by atoms with Crippen molar-refractivity contribution >= 4 is 11.6 Å². The van der Waals surface area contributed by atoms with Gasteiger partial charge in [0, 0.05) is 6.04 Å². The second-order valence-electron chi connectivity index (χ2n) is 4.22. The van der Waals surface area contributed by atoms with Crippen LogP contribution in [-0.2, 0) is 12.8 Å². The highest BCUT2D eigenvalue weighted by Crippen LogP contribution is 2.32. The second kappa shape index (κ2) is 3.59. The fourth-order valence-electron chi connectivity index (χ4n) is 2.48. The molecule has 0 N–H and O–H groups in total. The third-order valence-electron chi connectivity index (χ3n) is 3.22. The molecule has 0 saturated heterocycles. The quantitative estimate of drug-likeness (QED) is 0.758. The minimum absolute atomic E-state index is 0.375. The van der Waals surface area contributed by atoms with E-state index >= 15 is 0 Å². The van der Waals surface area contributed by atoms with Gasteiger partial charge < -0.3 is 0 Å². The molecule has 1 aromatic carbocycles. The minimum atomic E-state index is 0.375. The zero-order valence-corrected chi connectivity index (χ0v) is 9.78. The molecule has 0 amide bonds. The van der Waals surface area contributed by atoms with Crippen molar-refractivity contribution in [2.75, 3.05) is 0 Å². The zero-order chi connectivity index (χ0) is 11.1. The van der Waals surface area contributed by atoms with Gasteiger partial charge in [0.05, 0.1) is 0 Å². The highest BCUT2D eigenvalue weighted by molar-refractivity contribution is 6.28. The molecule has 1 aliphatic rings. The average Bonchev–Trinajstić information content (AvgIpc) is 2.82. The average molecular weight is 234 g/mol. The molecule has 2 aromatic rings. The lowest BCUT2D eigenvalue weighted by molar-refractivity contribution is 0.516. The maximum Gasteiger partial charge on any atom is 0.225 e. The van der Waals surface area contributed by atoms with Gasteiger partial charge in [0.2, 0.25) is 5.28 Å². The van der Waals surface area contributed by atoms with Crippen molar-refractivity contribution < 1.29 is 0 Å². The summed E-state index contributed by atoms with van der Waals surface area (Å²) in [4.78, 5) is 0. The Labute approximate surface area is 99.1 Å². The predicted octanol–water partition coefficient (Wildman–Crippen LogP) is 2.58. The van der Waals surface area contributed by atoms with Crippen molar-refractivity contribution in [3.05, 3.63) is 46.5 Å². The van der Waals surface area contributed by atoms with Crippen molar-refractivity contribution in [1.82, 2.24) is 14.8 Å². The van der Waals surface area contributed by atoms with Crippen LogP contribution in [0, 0.1) is 6.92 Å². The lowest BCUT2D eigenvalue weighted by Crippen LogP contribution is -2.10. The van der Waals surface area contributed by atoms with Crippen LogP contribution in [0.25, 0.3) is 0 Å². The van der Waals surface area contributed by atoms with Gasteiger partial charge in [-0.25, -0.2) is 0 Å². The summed E-state index contributed by atoms with van der Waals surface area (Å²) in [6.07, 6.45) is 2.05. The highest BCUT2D eigenvalue weighted by Gasteiger charge is 2.25. The third-order valence-corrected chi connectivity index (χ3v) is 3.48. The second-order valence-corrected chi connectivity index (χ2v) is 4.56. The summed E-state index contributed by atoms with van der Waals surface area (Å²) in [6, 6.07) is 8.91. The lowest BCUT2D eigenvalue weighted by Gasteiger charge is -2.12. The Hall–Kier alpha value is -1.35. The van der Waals surface area contributed by atoms with Crippen LogP contribution >= 0.6 is 11.6 Å². The van der Waals surface area contributed by atoms with Crippen LogP contribution in [0.4, 0.5) is 0 Å². The van der Waals surface area contributed by atoms with E-state index in [1.165, 1.54) is 11.1 Å². The van der Waals surface area contributed by atoms with Crippen LogP contribution in [0.2, 0.25) is 5.28 Å². The lowest BCUT2D eigenvalue weighted by atomic mass is 10.1. The smallest absolute Gasteiger partial charge is 0.225 e. The molecule has 16 heavy (non-hydrogen) atoms. The van der Waals surface area contributed by atoms with Gasteiger partial charge >= 0.3 is 0 Å². The van der Waals surface area contributed by atoms with Crippen LogP contribution in [0.15, 0.2) is 24.3 Å². The summed E-state index contributed by atoms with van der Waals surface area (Å²) >= 11 is 6.06. The van der Waals surface area contributed by atoms with Gasteiger partial charge in [0.1, 0.15) is 5.82 Å². The maximum atomic E-state index is 6.06. The molecule has 3 nitrogen and oxygen atoms in total. The number of halogens is 1. The first kappa shape index (κ1) is 9.85. The van der Waals surface area contributed by atoms with Crippen molar-refractivity contribution in [3.8, 4) is 0 Å². The Bertz CT molecular complexity index is 488. The summed E-state index contributed by atoms with van der Waals surface area (Å²) in [5.41, 5.74) is 2.83. The molecule has 0 saturated carbocycles. The number of aryl methyl sites for hydroxylation is 1. The number of fused-ring (bicyclic) bond motifs is 1. The van der Waals surface area contributed by atoms with Crippen LogP contribution in [0.3, 0.4) is 0 Å². The van der Waals surface area contributed by atoms with Crippen LogP contribution in [0.5, 0.6) is 0 Å². The van der Waals surface area contributed by atoms with Gasteiger partial charge in [-0.15, -0.1) is 10.2 Å². The van der Waals surface area contributed by atoms with Crippen molar-refractivity contribution in [2.45, 2.75) is 25.8 Å². The summed E-state index contributed by atoms with van der Waals surface area (Å²) in [5.74, 6) is 0.891. The van der Waals surface area contributed by atoms with E-state index in [1.54, 1.807) is 0 Å². The van der Waals surface area contributed by atoms with Crippen LogP contribution in [0.1, 0.15) is 23.0 Å². The molecule has 0 atom stereocenters. The van der Waals surface area contributed by atoms with E-state index in [2.05, 4.69) is 34.5 Å². The van der Waals surface area contributed by atoms with Crippen molar-refractivity contribution in [3.63, 3.8) is 0 Å². The first-order chi connectivity index (χ1) is 7.75. The minimum Gasteiger partial charge on any atom is -0.298 e. The molecule has 82 valence electrons. The molecule has 4 heteroatoms. The van der Waals surface area contributed by atoms with Crippen LogP contribution in [-0.4, -0.2) is 14.8 Å². The Kier molecular flexibility index (Phi) is 2.21. The summed E-state index contributed by atoms with van der Waals surface area (Å²) in [5, 5.41) is 8.40. The van der Waals surface area contributed by atoms with E-state index in [0.717, 1.165) is 18.7 Å². The third kappa shape index (κ3) is 1.43. The molecule has 1 aliphatic carbocycles. The van der Waals surface area contributed by atoms with Gasteiger partial charge in [-0.2, -0.15) is 0 Å². The molecule has 0 unspecified atom stereocenters. The Morgan fingerprint density at radius 2 is 1.81 bits per heavy atom. The van der Waals surface area contributed by atoms with Gasteiger partial charge in [-0.3, -0.25) is 4.57 Å². The molecule has 0 aliphatic heterocycles. The largest absolute Gasteiger partial charge is 0.298 e. The van der Waals surface area contributed by atoms with E-state index in [-0.39, 0.29) is 0 Å². The molecule has 0 fully saturated rings. The van der Waals surface area contributed by atoms with E-state index in [1.807, 2.05) is 11.5 Å². The van der Waals surface area contributed by atoms with E-state index < -0.39 is 0 Å². The van der Waals surface area contributed by atoms with Gasteiger partial charge in [0.15, 0.2) is 0 Å². The fourth-order valence-corrected chi connectivity index (χ4v) is 2.77. The molecular formula is C12H12ClN3. The number of hydrogen-bond donors (Lipinski definition) is 0. The molecule has 0 spiro atoms. The van der Waals surface area contributed by atoms with Gasteiger partial charge in [0.25, 0.3) is 0 Å². The fraction of sp³-hybridized carbons (Fsp3) is 0.333. The number of benzene rings is 1. The molecule has 0 bridgehead atoms. The zero-order valence-electron chi connectivity index (χ0n) is 9.02. The summed E-state index contributed by atoms with van der Waals surface area (Å²) in [7, 11) is 0. The number of hydrogen-bond acceptors (Lipinski definition) is 2. The number of rotatable bonds is 1. The Balaban J connectivity index is 1.97. The summed E-state index contributed by atoms with van der Waals surface area (Å²) < 4.78 is 2.03. The van der Waals surface area contributed by atoms with E-state index in [9.17, 15) is 0 Å². The Morgan fingerprint density at radius 3 is 2.31 bits per heavy atom. The molecular weight excluding hydrogens is 222 g/mol. The molecule has 1 heterocycles. The maximum absolute atomic E-state index is 6.06. The molecule has 0 radical (unpaired) electrons. The SMILES string of the molecule is Cc1nnc(Cl)n1C1Cc2ccccc2C1. The standard InChI is InChI=1S/C12H12ClN3/c1-8-14-15-12(13)16(8)11-6-9-4-2-3-5-10(9)7-11/h2-5,11H,6-7H2,1H3. The Morgan fingerprint density at radius 1 is 1.19 bits per heavy atom. The van der Waals surface area contributed by atoms with E-state index in [4.69, 9.17) is 11.6 Å². The predicted molar refractivity (Wildman–Crippen MR) is 62.7 cm³/mol. The van der Waals surface area contributed by atoms with E-state index in [0.29, 0.717) is 11.3 Å². The monoisotopic (exact) mass is 233 g/mol. The van der Waals surface area contributed by atoms with Crippen molar-refractivity contribution in [1.29, 1.82) is 0 Å². The molecule has 3 rings (SSSR count). The van der Waals surface area contributed by atoms with Gasteiger partial charge in [-0.1, -0.05) is 24.3 Å².